The summed E-state index contributed by atoms with van der Waals surface area (Å²) in [4.78, 5) is 27.0. The number of hydrogen-bond donors (Lipinski definition) is 1. The molecule has 0 spiro atoms. The van der Waals surface area contributed by atoms with Crippen molar-refractivity contribution in [2.45, 2.75) is 6.42 Å². The lowest BCUT2D eigenvalue weighted by atomic mass is 9.63. The maximum atomic E-state index is 12.8. The highest BCUT2D eigenvalue weighted by molar-refractivity contribution is 6.06. The molecule has 2 bridgehead atoms. The van der Waals surface area contributed by atoms with Crippen LogP contribution in [-0.4, -0.2) is 23.4 Å². The number of likely N-dealkylation sites (tertiary alicyclic amines) is 1. The number of nitrogens with one attached hydrogen (secondary N) is 1. The molecular weight excluding hydrogens is 276 g/mol. The second kappa shape index (κ2) is 4.22. The number of hydrogen-bond acceptors (Lipinski definition) is 3. The summed E-state index contributed by atoms with van der Waals surface area (Å²) in [7, 11) is 0. The van der Waals surface area contributed by atoms with Crippen LogP contribution in [0, 0.1) is 35.5 Å². The summed E-state index contributed by atoms with van der Waals surface area (Å²) < 4.78 is 0. The number of imide groups is 1. The average Bonchev–Trinajstić information content (AvgIpc) is 3.33. The number of amides is 2. The number of anilines is 1. The largest absolute Gasteiger partial charge is 0.367 e. The standard InChI is InChI=1S/C18H18N2O2/c21-17-15-11-6-7-12(14-8-13(11)14)16(15)18(22)20(17)9-19-10-4-2-1-3-5-10/h1-7,11-16,19H,8-9H2/t11-,12-,13-,14-,15-,16+/m0/s1. The van der Waals surface area contributed by atoms with Crippen LogP contribution in [0.3, 0.4) is 0 Å². The first-order valence-corrected chi connectivity index (χ1v) is 8.08. The molecule has 0 aromatic heterocycles. The highest BCUT2D eigenvalue weighted by Gasteiger charge is 2.66. The van der Waals surface area contributed by atoms with E-state index in [1.54, 1.807) is 0 Å². The third-order valence-electron chi connectivity index (χ3n) is 5.97. The van der Waals surface area contributed by atoms with Gasteiger partial charge >= 0.3 is 0 Å². The highest BCUT2D eigenvalue weighted by atomic mass is 16.2. The Kier molecular flexibility index (Phi) is 2.38. The van der Waals surface area contributed by atoms with E-state index in [0.29, 0.717) is 23.7 Å². The van der Waals surface area contributed by atoms with Crippen molar-refractivity contribution in [3.8, 4) is 0 Å². The van der Waals surface area contributed by atoms with Gasteiger partial charge in [-0.3, -0.25) is 14.5 Å². The molecular formula is C18H18N2O2. The van der Waals surface area contributed by atoms with E-state index in [1.807, 2.05) is 30.3 Å². The molecule has 112 valence electrons. The number of allylic oxidation sites excluding steroid dienone is 2. The number of carbonyl (C=O) groups is 2. The summed E-state index contributed by atoms with van der Waals surface area (Å²) in [5.41, 5.74) is 0.932. The number of rotatable bonds is 3. The van der Waals surface area contributed by atoms with E-state index in [4.69, 9.17) is 0 Å². The number of nitrogens with zero attached hydrogens (tertiary/aromatic N) is 1. The van der Waals surface area contributed by atoms with Gasteiger partial charge in [-0.2, -0.15) is 0 Å². The first kappa shape index (κ1) is 12.4. The molecule has 6 atom stereocenters. The fourth-order valence-corrected chi connectivity index (χ4v) is 4.90. The van der Waals surface area contributed by atoms with Gasteiger partial charge in [0.25, 0.3) is 0 Å². The Balaban J connectivity index is 1.38. The fraction of sp³-hybridized carbons (Fsp3) is 0.444. The zero-order chi connectivity index (χ0) is 14.8. The summed E-state index contributed by atoms with van der Waals surface area (Å²) in [6, 6.07) is 9.71. The van der Waals surface area contributed by atoms with Gasteiger partial charge in [0.15, 0.2) is 0 Å². The summed E-state index contributed by atoms with van der Waals surface area (Å²) in [5, 5.41) is 3.19. The minimum atomic E-state index is -0.0937. The molecule has 0 unspecified atom stereocenters. The van der Waals surface area contributed by atoms with Crippen LogP contribution in [0.2, 0.25) is 0 Å². The van der Waals surface area contributed by atoms with E-state index in [-0.39, 0.29) is 30.3 Å². The molecule has 2 saturated carbocycles. The Morgan fingerprint density at radius 2 is 1.55 bits per heavy atom. The van der Waals surface area contributed by atoms with Gasteiger partial charge in [0.2, 0.25) is 11.8 Å². The normalized spacial score (nSPS) is 40.6. The van der Waals surface area contributed by atoms with E-state index in [0.717, 1.165) is 5.69 Å². The van der Waals surface area contributed by atoms with E-state index in [9.17, 15) is 9.59 Å². The second-order valence-corrected chi connectivity index (χ2v) is 6.96. The van der Waals surface area contributed by atoms with E-state index < -0.39 is 0 Å². The molecule has 5 aliphatic rings. The van der Waals surface area contributed by atoms with Crippen molar-refractivity contribution in [2.75, 3.05) is 12.0 Å². The van der Waals surface area contributed by atoms with Gasteiger partial charge in [0, 0.05) is 5.69 Å². The molecule has 4 aliphatic carbocycles. The molecule has 2 amide bonds. The molecule has 6 rings (SSSR count). The first-order chi connectivity index (χ1) is 10.8. The number of para-hydroxylation sites is 1. The molecule has 0 radical (unpaired) electrons. The van der Waals surface area contributed by atoms with Crippen LogP contribution in [0.25, 0.3) is 0 Å². The van der Waals surface area contributed by atoms with Crippen LogP contribution in [0.5, 0.6) is 0 Å². The van der Waals surface area contributed by atoms with Gasteiger partial charge in [-0.15, -0.1) is 0 Å². The molecule has 1 aromatic carbocycles. The summed E-state index contributed by atoms with van der Waals surface area (Å²) in [5.74, 6) is 1.81. The van der Waals surface area contributed by atoms with Gasteiger partial charge in [0.05, 0.1) is 18.5 Å². The maximum Gasteiger partial charge on any atom is 0.235 e. The van der Waals surface area contributed by atoms with E-state index >= 15 is 0 Å². The summed E-state index contributed by atoms with van der Waals surface area (Å²) in [6.07, 6.45) is 5.62. The Morgan fingerprint density at radius 3 is 2.14 bits per heavy atom. The zero-order valence-electron chi connectivity index (χ0n) is 12.2. The lowest BCUT2D eigenvalue weighted by Crippen LogP contribution is -2.40. The molecule has 1 aromatic rings. The third kappa shape index (κ3) is 1.52. The minimum absolute atomic E-state index is 0.0307. The van der Waals surface area contributed by atoms with Crippen LogP contribution in [-0.2, 0) is 9.59 Å². The summed E-state index contributed by atoms with van der Waals surface area (Å²) >= 11 is 0. The topological polar surface area (TPSA) is 49.4 Å². The van der Waals surface area contributed by atoms with Crippen molar-refractivity contribution in [3.05, 3.63) is 42.5 Å². The minimum Gasteiger partial charge on any atom is -0.367 e. The van der Waals surface area contributed by atoms with Gasteiger partial charge in [-0.25, -0.2) is 0 Å². The average molecular weight is 294 g/mol. The Bertz CT molecular complexity index is 648. The van der Waals surface area contributed by atoms with Crippen molar-refractivity contribution in [3.63, 3.8) is 0 Å². The van der Waals surface area contributed by atoms with Crippen molar-refractivity contribution in [2.24, 2.45) is 35.5 Å². The molecule has 1 saturated heterocycles. The van der Waals surface area contributed by atoms with Gasteiger partial charge < -0.3 is 5.32 Å². The van der Waals surface area contributed by atoms with E-state index in [2.05, 4.69) is 17.5 Å². The summed E-state index contributed by atoms with van der Waals surface area (Å²) in [6.45, 7) is 0.281. The zero-order valence-corrected chi connectivity index (χ0v) is 12.2. The molecule has 22 heavy (non-hydrogen) atoms. The predicted octanol–water partition coefficient (Wildman–Crippen LogP) is 2.11. The Morgan fingerprint density at radius 1 is 0.955 bits per heavy atom. The van der Waals surface area contributed by atoms with Crippen LogP contribution in [0.15, 0.2) is 42.5 Å². The fourth-order valence-electron chi connectivity index (χ4n) is 4.90. The molecule has 3 fully saturated rings. The Hall–Kier alpha value is -2.10. The van der Waals surface area contributed by atoms with Crippen molar-refractivity contribution in [1.82, 2.24) is 4.90 Å². The van der Waals surface area contributed by atoms with Crippen molar-refractivity contribution in [1.29, 1.82) is 0 Å². The SMILES string of the molecule is O=C1[C@@H]2[C@H]3C=C[C@@H]([C@@H]4C[C@@H]34)[C@@H]2C(=O)N1CNc1ccccc1. The highest BCUT2D eigenvalue weighted by Crippen LogP contribution is 2.65. The van der Waals surface area contributed by atoms with Crippen LogP contribution in [0.4, 0.5) is 5.69 Å². The predicted molar refractivity (Wildman–Crippen MR) is 81.5 cm³/mol. The molecule has 4 nitrogen and oxygen atoms in total. The molecule has 4 heteroatoms. The van der Waals surface area contributed by atoms with Gasteiger partial charge in [-0.1, -0.05) is 30.4 Å². The number of benzene rings is 1. The molecule has 1 aliphatic heterocycles. The monoisotopic (exact) mass is 294 g/mol. The first-order valence-electron chi connectivity index (χ1n) is 8.08. The molecule has 1 N–H and O–H groups in total. The molecule has 1 heterocycles. The van der Waals surface area contributed by atoms with Crippen LogP contribution < -0.4 is 5.32 Å². The quantitative estimate of drug-likeness (QED) is 0.686. The maximum absolute atomic E-state index is 12.8. The van der Waals surface area contributed by atoms with Crippen molar-refractivity contribution < 1.29 is 9.59 Å². The van der Waals surface area contributed by atoms with Gasteiger partial charge in [-0.05, 0) is 42.2 Å². The lowest BCUT2D eigenvalue weighted by Gasteiger charge is -2.37. The number of carbonyl (C=O) groups excluding carboxylic acids is 2. The van der Waals surface area contributed by atoms with Gasteiger partial charge in [0.1, 0.15) is 0 Å². The van der Waals surface area contributed by atoms with E-state index in [1.165, 1.54) is 11.3 Å². The van der Waals surface area contributed by atoms with Crippen LogP contribution in [0.1, 0.15) is 6.42 Å². The van der Waals surface area contributed by atoms with Crippen molar-refractivity contribution >= 4 is 17.5 Å². The smallest absolute Gasteiger partial charge is 0.235 e. The lowest BCUT2D eigenvalue weighted by molar-refractivity contribution is -0.139. The third-order valence-corrected chi connectivity index (χ3v) is 5.97. The van der Waals surface area contributed by atoms with Crippen LogP contribution >= 0.6 is 0 Å². The second-order valence-electron chi connectivity index (χ2n) is 6.96. The Labute approximate surface area is 129 Å².